The van der Waals surface area contributed by atoms with Crippen LogP contribution in [0.2, 0.25) is 0 Å². The summed E-state index contributed by atoms with van der Waals surface area (Å²) in [6.07, 6.45) is 1.43. The lowest BCUT2D eigenvalue weighted by atomic mass is 9.96. The van der Waals surface area contributed by atoms with E-state index in [2.05, 4.69) is 22.5 Å². The predicted molar refractivity (Wildman–Crippen MR) is 125 cm³/mol. The number of nitrogens with one attached hydrogen (secondary N) is 1. The van der Waals surface area contributed by atoms with E-state index in [1.807, 2.05) is 35.9 Å². The summed E-state index contributed by atoms with van der Waals surface area (Å²) in [6, 6.07) is 4.67. The lowest BCUT2D eigenvalue weighted by Gasteiger charge is -2.27. The molecular formula is C19H25FIN2O4PS. The fourth-order valence-electron chi connectivity index (χ4n) is 2.62. The zero-order valence-corrected chi connectivity index (χ0v) is 20.9. The number of carbonyl (C=O) groups excluding carboxylic acids is 1. The van der Waals surface area contributed by atoms with Crippen LogP contribution in [-0.2, 0) is 25.1 Å². The van der Waals surface area contributed by atoms with Gasteiger partial charge < -0.3 is 4.84 Å². The average molecular weight is 554 g/mol. The largest absolute Gasteiger partial charge is 0.392 e. The molecule has 0 aromatic heterocycles. The number of carbonyl (C=O) groups is 1. The van der Waals surface area contributed by atoms with Crippen molar-refractivity contribution in [2.45, 2.75) is 51.4 Å². The summed E-state index contributed by atoms with van der Waals surface area (Å²) < 4.78 is 30.3. The van der Waals surface area contributed by atoms with Gasteiger partial charge in [0, 0.05) is 41.0 Å². The van der Waals surface area contributed by atoms with Crippen molar-refractivity contribution < 1.29 is 22.9 Å². The topological polar surface area (TPSA) is 77.0 Å². The van der Waals surface area contributed by atoms with Crippen LogP contribution in [0.3, 0.4) is 0 Å². The molecule has 0 radical (unpaired) electrons. The van der Waals surface area contributed by atoms with Crippen molar-refractivity contribution in [3.63, 3.8) is 0 Å². The first-order valence-corrected chi connectivity index (χ1v) is 14.5. The molecule has 0 saturated heterocycles. The van der Waals surface area contributed by atoms with E-state index in [4.69, 9.17) is 9.46 Å². The van der Waals surface area contributed by atoms with Gasteiger partial charge in [0.15, 0.2) is 0 Å². The summed E-state index contributed by atoms with van der Waals surface area (Å²) in [5.41, 5.74) is 3.66. The summed E-state index contributed by atoms with van der Waals surface area (Å²) in [4.78, 5) is 17.8. The van der Waals surface area contributed by atoms with Gasteiger partial charge in [0.2, 0.25) is 0 Å². The molecule has 1 aliphatic heterocycles. The minimum Gasteiger partial charge on any atom is -0.392 e. The maximum absolute atomic E-state index is 14.4. The molecular weight excluding hydrogens is 529 g/mol. The van der Waals surface area contributed by atoms with Gasteiger partial charge in [-0.3, -0.25) is 9.00 Å². The van der Waals surface area contributed by atoms with Crippen LogP contribution in [0.5, 0.6) is 0 Å². The van der Waals surface area contributed by atoms with Crippen LogP contribution in [0.4, 0.5) is 4.39 Å². The number of amides is 1. The van der Waals surface area contributed by atoms with Gasteiger partial charge in [-0.25, -0.2) is 14.5 Å². The maximum atomic E-state index is 14.4. The van der Waals surface area contributed by atoms with Crippen molar-refractivity contribution in [2.24, 2.45) is 5.16 Å². The smallest absolute Gasteiger partial charge is 0.262 e. The molecule has 4 atom stereocenters. The fraction of sp³-hybridized carbons (Fsp3) is 0.474. The van der Waals surface area contributed by atoms with Crippen molar-refractivity contribution in [3.8, 4) is 11.8 Å². The van der Waals surface area contributed by atoms with Gasteiger partial charge in [-0.2, -0.15) is 0 Å². The molecule has 0 fully saturated rings. The first-order valence-electron chi connectivity index (χ1n) is 8.92. The van der Waals surface area contributed by atoms with E-state index in [1.165, 1.54) is 12.3 Å². The normalized spacial score (nSPS) is 18.4. The number of hydrogen-bond acceptors (Lipinski definition) is 5. The van der Waals surface area contributed by atoms with Crippen molar-refractivity contribution in [1.29, 1.82) is 0 Å². The third kappa shape index (κ3) is 6.99. The molecule has 10 heteroatoms. The van der Waals surface area contributed by atoms with Crippen molar-refractivity contribution in [1.82, 2.24) is 5.48 Å². The Balaban J connectivity index is 0.00000204. The highest BCUT2D eigenvalue weighted by atomic mass is 127. The lowest BCUT2D eigenvalue weighted by molar-refractivity contribution is -0.130. The monoisotopic (exact) mass is 554 g/mol. The molecule has 1 amide bonds. The summed E-state index contributed by atoms with van der Waals surface area (Å²) in [5, 5.41) is 3.97. The minimum absolute atomic E-state index is 0.0401. The Morgan fingerprint density at radius 1 is 1.55 bits per heavy atom. The summed E-state index contributed by atoms with van der Waals surface area (Å²) in [5.74, 6) is 4.59. The predicted octanol–water partition coefficient (Wildman–Crippen LogP) is 4.23. The number of benzene rings is 1. The fourth-order valence-corrected chi connectivity index (χ4v) is 3.80. The van der Waals surface area contributed by atoms with Gasteiger partial charge in [-0.1, -0.05) is 24.9 Å². The van der Waals surface area contributed by atoms with E-state index in [0.717, 1.165) is 0 Å². The highest BCUT2D eigenvalue weighted by molar-refractivity contribution is 14.2. The van der Waals surface area contributed by atoms with Crippen molar-refractivity contribution >= 4 is 50.9 Å². The molecule has 0 bridgehead atoms. The molecule has 0 saturated carbocycles. The highest BCUT2D eigenvalue weighted by Gasteiger charge is 2.42. The standard InChI is InChI=1S/C17H19FIN2O4PS.C2H6/c1-4-5-11-6-7-13(14(18)8-11)15-9-12(24-20-15)10-17(2,27(3)23)16(22)21-25-26-19;1-2/h6-8,12,26H,9-10H2,1-3H3,(H,21,22);1-2H3/t12?,17-,27?;/m1./s1. The van der Waals surface area contributed by atoms with E-state index in [-0.39, 0.29) is 12.9 Å². The Bertz CT molecular complexity index is 843. The zero-order chi connectivity index (χ0) is 22.0. The van der Waals surface area contributed by atoms with E-state index in [0.29, 0.717) is 23.3 Å². The molecule has 1 aromatic rings. The SMILES string of the molecule is CC.CC#Cc1ccc(C2=NOC(C[C@](C)(C(=O)NOPI)S(C)=O)C2)c(F)c1. The quantitative estimate of drug-likeness (QED) is 0.237. The molecule has 160 valence electrons. The zero-order valence-electron chi connectivity index (χ0n) is 17.0. The van der Waals surface area contributed by atoms with E-state index in [1.54, 1.807) is 26.0 Å². The number of rotatable bonds is 7. The first-order chi connectivity index (χ1) is 13.8. The van der Waals surface area contributed by atoms with Gasteiger partial charge >= 0.3 is 0 Å². The third-order valence-corrected chi connectivity index (χ3v) is 6.66. The van der Waals surface area contributed by atoms with Crippen molar-refractivity contribution in [2.75, 3.05) is 6.26 Å². The minimum atomic E-state index is -1.48. The molecule has 0 spiro atoms. The van der Waals surface area contributed by atoms with E-state index < -0.39 is 33.4 Å². The Kier molecular flexibility index (Phi) is 11.3. The summed E-state index contributed by atoms with van der Waals surface area (Å²) >= 11 is 1.96. The molecule has 6 nitrogen and oxygen atoms in total. The van der Waals surface area contributed by atoms with Crippen LogP contribution in [0, 0.1) is 17.7 Å². The van der Waals surface area contributed by atoms with E-state index in [9.17, 15) is 13.4 Å². The summed E-state index contributed by atoms with van der Waals surface area (Å²) in [7, 11) is -1.48. The Labute approximate surface area is 188 Å². The third-order valence-electron chi connectivity index (χ3n) is 4.20. The Hall–Kier alpha value is -1.08. The molecule has 1 aliphatic rings. The van der Waals surface area contributed by atoms with Gasteiger partial charge in [0.25, 0.3) is 5.91 Å². The summed E-state index contributed by atoms with van der Waals surface area (Å²) in [6.45, 7) is 7.30. The van der Waals surface area contributed by atoms with Gasteiger partial charge in [0.1, 0.15) is 23.1 Å². The van der Waals surface area contributed by atoms with E-state index >= 15 is 0 Å². The number of oxime groups is 1. The van der Waals surface area contributed by atoms with Crippen LogP contribution in [0.15, 0.2) is 23.4 Å². The Morgan fingerprint density at radius 2 is 2.24 bits per heavy atom. The van der Waals surface area contributed by atoms with Gasteiger partial charge in [0.05, 0.1) is 5.71 Å². The second-order valence-corrected chi connectivity index (χ2v) is 9.53. The van der Waals surface area contributed by atoms with Gasteiger partial charge in [-0.15, -0.1) is 5.92 Å². The number of nitrogens with zero attached hydrogens (tertiary/aromatic N) is 1. The molecule has 3 unspecified atom stereocenters. The molecule has 0 aliphatic carbocycles. The second-order valence-electron chi connectivity index (χ2n) is 6.04. The molecule has 29 heavy (non-hydrogen) atoms. The number of hydrogen-bond donors (Lipinski definition) is 1. The second kappa shape index (κ2) is 12.6. The Morgan fingerprint density at radius 3 is 2.79 bits per heavy atom. The molecule has 1 N–H and O–H groups in total. The maximum Gasteiger partial charge on any atom is 0.262 e. The highest BCUT2D eigenvalue weighted by Crippen LogP contribution is 2.29. The van der Waals surface area contributed by atoms with Crippen LogP contribution in [0.25, 0.3) is 0 Å². The first kappa shape index (κ1) is 26.0. The van der Waals surface area contributed by atoms with Crippen LogP contribution < -0.4 is 5.48 Å². The molecule has 1 heterocycles. The molecule has 2 rings (SSSR count). The van der Waals surface area contributed by atoms with Crippen LogP contribution in [-0.4, -0.2) is 32.9 Å². The lowest BCUT2D eigenvalue weighted by Crippen LogP contribution is -2.48. The van der Waals surface area contributed by atoms with Crippen molar-refractivity contribution in [3.05, 3.63) is 35.1 Å². The van der Waals surface area contributed by atoms with Gasteiger partial charge in [-0.05, 0) is 54.1 Å². The average Bonchev–Trinajstić information content (AvgIpc) is 3.15. The molecule has 1 aromatic carbocycles. The number of hydroxylamine groups is 1. The van der Waals surface area contributed by atoms with Crippen LogP contribution in [0.1, 0.15) is 51.7 Å². The van der Waals surface area contributed by atoms with Crippen LogP contribution >= 0.6 is 28.5 Å². The number of halogens is 2.